The zero-order valence-electron chi connectivity index (χ0n) is 10.8. The molecule has 1 N–H and O–H groups in total. The minimum atomic E-state index is -0.579. The Morgan fingerprint density at radius 2 is 2.00 bits per heavy atom. The van der Waals surface area contributed by atoms with Crippen LogP contribution in [0.5, 0.6) is 0 Å². The lowest BCUT2D eigenvalue weighted by Gasteiger charge is -1.98. The monoisotopic (exact) mass is 271 g/mol. The van der Waals surface area contributed by atoms with Crippen molar-refractivity contribution < 1.29 is 9.34 Å². The van der Waals surface area contributed by atoms with E-state index in [4.69, 9.17) is 4.42 Å². The quantitative estimate of drug-likeness (QED) is 0.511. The number of benzene rings is 1. The molecule has 0 unspecified atom stereocenters. The van der Waals surface area contributed by atoms with E-state index < -0.39 is 4.92 Å². The van der Waals surface area contributed by atoms with Crippen LogP contribution in [-0.4, -0.2) is 11.1 Å². The molecule has 0 saturated heterocycles. The third-order valence-corrected chi connectivity index (χ3v) is 2.46. The van der Waals surface area contributed by atoms with Crippen LogP contribution in [0.1, 0.15) is 11.3 Å². The SMILES string of the molecule is Cc1ccc(N/N=C/C=C/c2ccc([N+](=O)[O-])o2)cc1. The maximum atomic E-state index is 10.4. The van der Waals surface area contributed by atoms with E-state index in [1.165, 1.54) is 23.9 Å². The van der Waals surface area contributed by atoms with Crippen molar-refractivity contribution in [2.75, 3.05) is 5.43 Å². The minimum absolute atomic E-state index is 0.278. The lowest BCUT2D eigenvalue weighted by atomic mass is 10.2. The Balaban J connectivity index is 1.87. The van der Waals surface area contributed by atoms with Gasteiger partial charge in [-0.3, -0.25) is 15.5 Å². The number of aryl methyl sites for hydroxylation is 1. The van der Waals surface area contributed by atoms with E-state index in [1.54, 1.807) is 12.2 Å². The molecule has 1 heterocycles. The van der Waals surface area contributed by atoms with E-state index in [0.29, 0.717) is 5.76 Å². The molecule has 0 aliphatic carbocycles. The number of anilines is 1. The Bertz CT molecular complexity index is 642. The van der Waals surface area contributed by atoms with Crippen molar-refractivity contribution in [3.8, 4) is 0 Å². The Kier molecular flexibility index (Phi) is 4.28. The fourth-order valence-corrected chi connectivity index (χ4v) is 1.45. The van der Waals surface area contributed by atoms with E-state index >= 15 is 0 Å². The zero-order valence-corrected chi connectivity index (χ0v) is 10.8. The minimum Gasteiger partial charge on any atom is -0.401 e. The average molecular weight is 271 g/mol. The van der Waals surface area contributed by atoms with Gasteiger partial charge in [-0.05, 0) is 37.3 Å². The molecule has 0 fully saturated rings. The van der Waals surface area contributed by atoms with E-state index in [2.05, 4.69) is 10.5 Å². The van der Waals surface area contributed by atoms with E-state index in [-0.39, 0.29) is 5.88 Å². The molecule has 0 aliphatic rings. The van der Waals surface area contributed by atoms with Crippen molar-refractivity contribution >= 4 is 23.9 Å². The molecule has 6 nitrogen and oxygen atoms in total. The first-order valence-corrected chi connectivity index (χ1v) is 5.92. The molecule has 2 rings (SSSR count). The van der Waals surface area contributed by atoms with Gasteiger partial charge in [0.25, 0.3) is 0 Å². The molecule has 0 radical (unpaired) electrons. The standard InChI is InChI=1S/C14H13N3O3/c1-11-4-6-12(7-5-11)16-15-10-2-3-13-8-9-14(20-13)17(18)19/h2-10,16H,1H3/b3-2+,15-10+. The molecule has 0 amide bonds. The normalized spacial score (nSPS) is 11.2. The topological polar surface area (TPSA) is 80.7 Å². The third kappa shape index (κ3) is 3.81. The first kappa shape index (κ1) is 13.5. The number of hydrazone groups is 1. The van der Waals surface area contributed by atoms with Gasteiger partial charge in [0.05, 0.1) is 11.8 Å². The predicted octanol–water partition coefficient (Wildman–Crippen LogP) is 3.61. The van der Waals surface area contributed by atoms with Crippen LogP contribution in [0.3, 0.4) is 0 Å². The van der Waals surface area contributed by atoms with Gasteiger partial charge in [-0.15, -0.1) is 0 Å². The molecule has 1 aromatic carbocycles. The lowest BCUT2D eigenvalue weighted by molar-refractivity contribution is -0.402. The molecular formula is C14H13N3O3. The summed E-state index contributed by atoms with van der Waals surface area (Å²) in [7, 11) is 0. The molecule has 0 spiro atoms. The van der Waals surface area contributed by atoms with Gasteiger partial charge < -0.3 is 4.42 Å². The second-order valence-electron chi connectivity index (χ2n) is 4.05. The van der Waals surface area contributed by atoms with Crippen molar-refractivity contribution in [3.63, 3.8) is 0 Å². The fraction of sp³-hybridized carbons (Fsp3) is 0.0714. The molecule has 102 valence electrons. The lowest BCUT2D eigenvalue weighted by Crippen LogP contribution is -1.87. The number of nitro groups is 1. The summed E-state index contributed by atoms with van der Waals surface area (Å²) < 4.78 is 4.96. The van der Waals surface area contributed by atoms with Crippen LogP contribution in [-0.2, 0) is 0 Å². The predicted molar refractivity (Wildman–Crippen MR) is 77.7 cm³/mol. The van der Waals surface area contributed by atoms with Crippen molar-refractivity contribution in [3.05, 3.63) is 63.9 Å². The fourth-order valence-electron chi connectivity index (χ4n) is 1.45. The summed E-state index contributed by atoms with van der Waals surface area (Å²) in [5.74, 6) is 0.123. The smallest absolute Gasteiger partial charge is 0.401 e. The van der Waals surface area contributed by atoms with Crippen LogP contribution < -0.4 is 5.43 Å². The van der Waals surface area contributed by atoms with Gasteiger partial charge in [-0.1, -0.05) is 17.7 Å². The summed E-state index contributed by atoms with van der Waals surface area (Å²) in [6.07, 6.45) is 4.76. The summed E-state index contributed by atoms with van der Waals surface area (Å²) in [5, 5.41) is 14.4. The number of hydrogen-bond donors (Lipinski definition) is 1. The van der Waals surface area contributed by atoms with Crippen molar-refractivity contribution in [2.45, 2.75) is 6.92 Å². The molecule has 20 heavy (non-hydrogen) atoms. The summed E-state index contributed by atoms with van der Waals surface area (Å²) in [6.45, 7) is 2.01. The number of rotatable bonds is 5. The summed E-state index contributed by atoms with van der Waals surface area (Å²) in [4.78, 5) is 9.84. The van der Waals surface area contributed by atoms with Crippen molar-refractivity contribution in [1.82, 2.24) is 0 Å². The van der Waals surface area contributed by atoms with Crippen molar-refractivity contribution in [2.24, 2.45) is 5.10 Å². The van der Waals surface area contributed by atoms with Gasteiger partial charge in [0.1, 0.15) is 10.7 Å². The highest BCUT2D eigenvalue weighted by Crippen LogP contribution is 2.16. The first-order valence-electron chi connectivity index (χ1n) is 5.92. The van der Waals surface area contributed by atoms with Gasteiger partial charge in [0, 0.05) is 6.21 Å². The summed E-state index contributed by atoms with van der Waals surface area (Å²) >= 11 is 0. The maximum Gasteiger partial charge on any atom is 0.433 e. The second kappa shape index (κ2) is 6.33. The highest BCUT2D eigenvalue weighted by atomic mass is 16.6. The van der Waals surface area contributed by atoms with Crippen LogP contribution in [0.2, 0.25) is 0 Å². The highest BCUT2D eigenvalue weighted by Gasteiger charge is 2.09. The molecular weight excluding hydrogens is 258 g/mol. The molecule has 0 bridgehead atoms. The van der Waals surface area contributed by atoms with Gasteiger partial charge in [-0.2, -0.15) is 5.10 Å². The third-order valence-electron chi connectivity index (χ3n) is 2.46. The number of hydrogen-bond acceptors (Lipinski definition) is 5. The molecule has 2 aromatic rings. The largest absolute Gasteiger partial charge is 0.433 e. The zero-order chi connectivity index (χ0) is 14.4. The van der Waals surface area contributed by atoms with Gasteiger partial charge >= 0.3 is 5.88 Å². The summed E-state index contributed by atoms with van der Waals surface area (Å²) in [5.41, 5.74) is 4.92. The van der Waals surface area contributed by atoms with Gasteiger partial charge in [-0.25, -0.2) is 0 Å². The number of nitrogens with zero attached hydrogens (tertiary/aromatic N) is 2. The Morgan fingerprint density at radius 3 is 2.65 bits per heavy atom. The van der Waals surface area contributed by atoms with Crippen LogP contribution in [0, 0.1) is 17.0 Å². The van der Waals surface area contributed by atoms with E-state index in [1.807, 2.05) is 31.2 Å². The Hall–Kier alpha value is -2.89. The van der Waals surface area contributed by atoms with Crippen molar-refractivity contribution in [1.29, 1.82) is 0 Å². The number of furan rings is 1. The van der Waals surface area contributed by atoms with Crippen LogP contribution in [0.4, 0.5) is 11.6 Å². The number of allylic oxidation sites excluding steroid dienone is 1. The molecule has 0 atom stereocenters. The van der Waals surface area contributed by atoms with Crippen LogP contribution >= 0.6 is 0 Å². The summed E-state index contributed by atoms with van der Waals surface area (Å²) in [6, 6.07) is 10.6. The maximum absolute atomic E-state index is 10.4. The van der Waals surface area contributed by atoms with Gasteiger partial charge in [0.15, 0.2) is 0 Å². The van der Waals surface area contributed by atoms with Gasteiger partial charge in [0.2, 0.25) is 0 Å². The molecule has 0 aliphatic heterocycles. The molecule has 6 heteroatoms. The van der Waals surface area contributed by atoms with Crippen LogP contribution in [0.15, 0.2) is 52.0 Å². The second-order valence-corrected chi connectivity index (χ2v) is 4.05. The first-order chi connectivity index (χ1) is 9.65. The Labute approximate surface area is 115 Å². The molecule has 1 aromatic heterocycles. The van der Waals surface area contributed by atoms with E-state index in [0.717, 1.165) is 5.69 Å². The average Bonchev–Trinajstić information content (AvgIpc) is 2.89. The number of nitrogens with one attached hydrogen (secondary N) is 1. The highest BCUT2D eigenvalue weighted by molar-refractivity contribution is 5.78. The molecule has 0 saturated carbocycles. The van der Waals surface area contributed by atoms with Crippen LogP contribution in [0.25, 0.3) is 6.08 Å². The van der Waals surface area contributed by atoms with E-state index in [9.17, 15) is 10.1 Å². The Morgan fingerprint density at radius 1 is 1.25 bits per heavy atom.